The average Bonchev–Trinajstić information content (AvgIpc) is 1.31. The zero-order valence-electron chi connectivity index (χ0n) is 3.68. The Morgan fingerprint density at radius 3 is 2.17 bits per heavy atom. The van der Waals surface area contributed by atoms with Gasteiger partial charge in [0.2, 0.25) is 0 Å². The number of likely N-dealkylation sites (tertiary alicyclic amines) is 1. The fraction of sp³-hybridized carbons (Fsp3) is 1.00. The third-order valence-electron chi connectivity index (χ3n) is 1.13. The van der Waals surface area contributed by atoms with Crippen molar-refractivity contribution in [2.75, 3.05) is 19.8 Å². The van der Waals surface area contributed by atoms with Crippen LogP contribution in [0.3, 0.4) is 0 Å². The first-order valence-corrected chi connectivity index (χ1v) is 2.24. The molecule has 0 aromatic rings. The summed E-state index contributed by atoms with van der Waals surface area (Å²) in [5, 5.41) is 9.84. The second kappa shape index (κ2) is 1.58. The van der Waals surface area contributed by atoms with Gasteiger partial charge < -0.3 is 0 Å². The number of hydrogen-bond acceptors (Lipinski definition) is 1. The molecule has 0 aromatic heterocycles. The minimum Gasteiger partial charge on any atom is -0.278 e. The third kappa shape index (κ3) is 0.533. The van der Waals surface area contributed by atoms with Gasteiger partial charge in [-0.1, -0.05) is 0 Å². The second-order valence-corrected chi connectivity index (χ2v) is 1.60. The molecule has 0 unspecified atom stereocenters. The predicted octanol–water partition coefficient (Wildman–Crippen LogP) is 0.0801. The molecular formula is C4H8NO. The quantitative estimate of drug-likeness (QED) is 0.443. The molecule has 0 atom stereocenters. The van der Waals surface area contributed by atoms with E-state index in [1.165, 1.54) is 6.42 Å². The summed E-state index contributed by atoms with van der Waals surface area (Å²) in [7, 11) is 0. The average molecular weight is 86.1 g/mol. The number of hydrogen-bond donors (Lipinski definition) is 0. The first-order valence-electron chi connectivity index (χ1n) is 2.24. The highest BCUT2D eigenvalue weighted by atomic mass is 16.3. The zero-order valence-corrected chi connectivity index (χ0v) is 3.68. The van der Waals surface area contributed by atoms with Gasteiger partial charge in [-0.2, -0.15) is 0 Å². The summed E-state index contributed by atoms with van der Waals surface area (Å²) >= 11 is 0. The van der Waals surface area contributed by atoms with Crippen LogP contribution in [-0.2, 0) is 5.11 Å². The van der Waals surface area contributed by atoms with Gasteiger partial charge in [-0.15, -0.1) is 0 Å². The monoisotopic (exact) mass is 86.1 g/mol. The molecule has 1 aliphatic heterocycles. The molecule has 0 N–H and O–H groups in total. The minimum absolute atomic E-state index is 0. The van der Waals surface area contributed by atoms with Crippen LogP contribution in [0.25, 0.3) is 0 Å². The molecule has 2 heteroatoms. The molecule has 6 heavy (non-hydrogen) atoms. The van der Waals surface area contributed by atoms with Crippen LogP contribution in [0.5, 0.6) is 0 Å². The molecule has 0 spiro atoms. The van der Waals surface area contributed by atoms with Crippen molar-refractivity contribution in [2.24, 2.45) is 0 Å². The maximum absolute atomic E-state index is 9.84. The molecule has 0 amide bonds. The molecule has 1 aliphatic rings. The van der Waals surface area contributed by atoms with Gasteiger partial charge >= 0.3 is 0 Å². The summed E-state index contributed by atoms with van der Waals surface area (Å²) < 4.78 is 0. The summed E-state index contributed by atoms with van der Waals surface area (Å²) in [5.74, 6) is 0. The largest absolute Gasteiger partial charge is 0.278 e. The van der Waals surface area contributed by atoms with Crippen LogP contribution in [0.1, 0.15) is 6.42 Å². The molecule has 0 bridgehead atoms. The van der Waals surface area contributed by atoms with E-state index in [-0.39, 0.29) is 6.73 Å². The van der Waals surface area contributed by atoms with Crippen molar-refractivity contribution in [3.8, 4) is 0 Å². The second-order valence-electron chi connectivity index (χ2n) is 1.60. The molecule has 0 aliphatic carbocycles. The van der Waals surface area contributed by atoms with E-state index in [1.54, 1.807) is 0 Å². The molecule has 1 heterocycles. The Morgan fingerprint density at radius 1 is 1.50 bits per heavy atom. The molecule has 0 aromatic carbocycles. The molecule has 1 fully saturated rings. The number of rotatable bonds is 1. The van der Waals surface area contributed by atoms with Crippen molar-refractivity contribution in [3.63, 3.8) is 0 Å². The molecule has 1 saturated heterocycles. The fourth-order valence-corrected chi connectivity index (χ4v) is 0.511. The van der Waals surface area contributed by atoms with Gasteiger partial charge in [-0.3, -0.25) is 4.90 Å². The van der Waals surface area contributed by atoms with Crippen LogP contribution in [-0.4, -0.2) is 24.7 Å². The maximum atomic E-state index is 9.84. The lowest BCUT2D eigenvalue weighted by Gasteiger charge is -2.26. The van der Waals surface area contributed by atoms with Gasteiger partial charge in [-0.05, 0) is 6.42 Å². The Labute approximate surface area is 37.4 Å². The van der Waals surface area contributed by atoms with E-state index in [9.17, 15) is 5.11 Å². The van der Waals surface area contributed by atoms with Crippen LogP contribution in [0.15, 0.2) is 0 Å². The van der Waals surface area contributed by atoms with E-state index < -0.39 is 0 Å². The van der Waals surface area contributed by atoms with Crippen molar-refractivity contribution >= 4 is 0 Å². The van der Waals surface area contributed by atoms with E-state index in [0.717, 1.165) is 13.1 Å². The molecule has 1 rings (SSSR count). The first kappa shape index (κ1) is 4.09. The lowest BCUT2D eigenvalue weighted by atomic mass is 10.2. The summed E-state index contributed by atoms with van der Waals surface area (Å²) in [5.41, 5.74) is 0. The predicted molar refractivity (Wildman–Crippen MR) is 21.7 cm³/mol. The Kier molecular flexibility index (Phi) is 1.08. The van der Waals surface area contributed by atoms with Crippen molar-refractivity contribution in [1.29, 1.82) is 0 Å². The van der Waals surface area contributed by atoms with Crippen molar-refractivity contribution < 1.29 is 5.11 Å². The van der Waals surface area contributed by atoms with Crippen molar-refractivity contribution in [2.45, 2.75) is 6.42 Å². The summed E-state index contributed by atoms with van der Waals surface area (Å²) in [6.45, 7) is 2.06. The van der Waals surface area contributed by atoms with E-state index in [1.807, 2.05) is 4.90 Å². The summed E-state index contributed by atoms with van der Waals surface area (Å²) in [6, 6.07) is 0. The SMILES string of the molecule is [O]CN1CCC1. The lowest BCUT2D eigenvalue weighted by Crippen LogP contribution is -2.36. The molecule has 0 saturated carbocycles. The van der Waals surface area contributed by atoms with Gasteiger partial charge in [-0.25, -0.2) is 5.11 Å². The Hall–Kier alpha value is -0.0800. The molecule has 1 radical (unpaired) electrons. The number of nitrogens with zero attached hydrogens (tertiary/aromatic N) is 1. The first-order chi connectivity index (χ1) is 2.93. The highest BCUT2D eigenvalue weighted by Gasteiger charge is 2.10. The van der Waals surface area contributed by atoms with E-state index >= 15 is 0 Å². The Bertz CT molecular complexity index is 40.1. The van der Waals surface area contributed by atoms with E-state index in [4.69, 9.17) is 0 Å². The zero-order chi connectivity index (χ0) is 4.41. The van der Waals surface area contributed by atoms with Crippen molar-refractivity contribution in [3.05, 3.63) is 0 Å². The fourth-order valence-electron chi connectivity index (χ4n) is 0.511. The van der Waals surface area contributed by atoms with Crippen molar-refractivity contribution in [1.82, 2.24) is 4.90 Å². The lowest BCUT2D eigenvalue weighted by molar-refractivity contribution is 0.0130. The molecular weight excluding hydrogens is 78.0 g/mol. The molecule has 2 nitrogen and oxygen atoms in total. The standard InChI is InChI=1S/C4H8NO/c6-4-5-2-1-3-5/h1-4H2. The van der Waals surface area contributed by atoms with Gasteiger partial charge in [0, 0.05) is 13.1 Å². The summed E-state index contributed by atoms with van der Waals surface area (Å²) in [4.78, 5) is 1.88. The Morgan fingerprint density at radius 2 is 2.17 bits per heavy atom. The van der Waals surface area contributed by atoms with Gasteiger partial charge in [0.15, 0.2) is 0 Å². The topological polar surface area (TPSA) is 23.1 Å². The molecule has 35 valence electrons. The van der Waals surface area contributed by atoms with Crippen LogP contribution in [0.4, 0.5) is 0 Å². The van der Waals surface area contributed by atoms with Gasteiger partial charge in [0.25, 0.3) is 0 Å². The van der Waals surface area contributed by atoms with Gasteiger partial charge in [0.05, 0.1) is 0 Å². The smallest absolute Gasteiger partial charge is 0.135 e. The van der Waals surface area contributed by atoms with Crippen LogP contribution in [0, 0.1) is 0 Å². The maximum Gasteiger partial charge on any atom is 0.135 e. The highest BCUT2D eigenvalue weighted by molar-refractivity contribution is 4.62. The third-order valence-corrected chi connectivity index (χ3v) is 1.13. The van der Waals surface area contributed by atoms with E-state index in [2.05, 4.69) is 0 Å². The van der Waals surface area contributed by atoms with Crippen LogP contribution in [0.2, 0.25) is 0 Å². The van der Waals surface area contributed by atoms with Crippen LogP contribution >= 0.6 is 0 Å². The normalized spacial score (nSPS) is 23.5. The van der Waals surface area contributed by atoms with E-state index in [0.29, 0.717) is 0 Å². The highest BCUT2D eigenvalue weighted by Crippen LogP contribution is 2.01. The minimum atomic E-state index is 0. The Balaban J connectivity index is 2.01. The summed E-state index contributed by atoms with van der Waals surface area (Å²) in [6.07, 6.45) is 1.22. The van der Waals surface area contributed by atoms with Crippen LogP contribution < -0.4 is 0 Å². The van der Waals surface area contributed by atoms with Gasteiger partial charge in [0.1, 0.15) is 6.73 Å².